The molecular formula is C20H21NO3. The van der Waals surface area contributed by atoms with E-state index in [4.69, 9.17) is 9.15 Å². The minimum absolute atomic E-state index is 0.247. The molecular weight excluding hydrogens is 302 g/mol. The molecule has 1 N–H and O–H groups in total. The summed E-state index contributed by atoms with van der Waals surface area (Å²) in [5, 5.41) is 3.85. The van der Waals surface area contributed by atoms with E-state index in [0.717, 1.165) is 27.8 Å². The molecule has 3 rings (SSSR count). The Bertz CT molecular complexity index is 891. The van der Waals surface area contributed by atoms with Crippen molar-refractivity contribution in [3.05, 3.63) is 58.8 Å². The van der Waals surface area contributed by atoms with Gasteiger partial charge < -0.3 is 14.5 Å². The second-order valence-corrected chi connectivity index (χ2v) is 5.90. The Morgan fingerprint density at radius 1 is 1.08 bits per heavy atom. The summed E-state index contributed by atoms with van der Waals surface area (Å²) in [5.74, 6) is 0.883. The molecule has 3 aromatic rings. The lowest BCUT2D eigenvalue weighted by Gasteiger charge is -2.06. The van der Waals surface area contributed by atoms with Crippen LogP contribution in [0.5, 0.6) is 5.75 Å². The fourth-order valence-electron chi connectivity index (χ4n) is 2.68. The molecule has 124 valence electrons. The molecule has 1 heterocycles. The van der Waals surface area contributed by atoms with Gasteiger partial charge in [0.05, 0.1) is 6.61 Å². The maximum atomic E-state index is 12.5. The maximum absolute atomic E-state index is 12.5. The third-order valence-corrected chi connectivity index (χ3v) is 4.18. The second-order valence-electron chi connectivity index (χ2n) is 5.90. The first-order valence-electron chi connectivity index (χ1n) is 8.04. The molecule has 0 bridgehead atoms. The molecule has 0 aliphatic rings. The van der Waals surface area contributed by atoms with Crippen LogP contribution < -0.4 is 10.1 Å². The van der Waals surface area contributed by atoms with E-state index in [0.29, 0.717) is 18.1 Å². The van der Waals surface area contributed by atoms with Crippen molar-refractivity contribution in [2.45, 2.75) is 27.7 Å². The first-order chi connectivity index (χ1) is 11.5. The Kier molecular flexibility index (Phi) is 4.30. The molecule has 0 unspecified atom stereocenters. The molecule has 0 aliphatic carbocycles. The molecule has 0 radical (unpaired) electrons. The van der Waals surface area contributed by atoms with Crippen LogP contribution in [0, 0.1) is 20.8 Å². The lowest BCUT2D eigenvalue weighted by atomic mass is 10.1. The Labute approximate surface area is 141 Å². The van der Waals surface area contributed by atoms with Crippen molar-refractivity contribution in [3.63, 3.8) is 0 Å². The van der Waals surface area contributed by atoms with E-state index in [-0.39, 0.29) is 5.91 Å². The molecule has 0 saturated heterocycles. The lowest BCUT2D eigenvalue weighted by molar-refractivity contribution is 0.0998. The number of amides is 1. The monoisotopic (exact) mass is 323 g/mol. The van der Waals surface area contributed by atoms with E-state index < -0.39 is 0 Å². The highest BCUT2D eigenvalue weighted by Crippen LogP contribution is 2.28. The molecule has 24 heavy (non-hydrogen) atoms. The molecule has 0 atom stereocenters. The van der Waals surface area contributed by atoms with E-state index in [9.17, 15) is 4.79 Å². The van der Waals surface area contributed by atoms with Crippen molar-refractivity contribution >= 4 is 22.6 Å². The molecule has 4 heteroatoms. The molecule has 4 nitrogen and oxygen atoms in total. The van der Waals surface area contributed by atoms with Gasteiger partial charge in [0.2, 0.25) is 0 Å². The number of benzene rings is 2. The number of hydrogen-bond acceptors (Lipinski definition) is 3. The second kappa shape index (κ2) is 6.40. The number of rotatable bonds is 4. The Balaban J connectivity index is 1.87. The number of anilines is 1. The van der Waals surface area contributed by atoms with Gasteiger partial charge in [-0.05, 0) is 75.2 Å². The van der Waals surface area contributed by atoms with Crippen LogP contribution in [-0.2, 0) is 0 Å². The predicted octanol–water partition coefficient (Wildman–Crippen LogP) is 5.01. The van der Waals surface area contributed by atoms with Gasteiger partial charge in [-0.3, -0.25) is 4.79 Å². The standard InChI is InChI=1S/C20H21NO3/c1-5-23-16-8-6-15(7-9-16)21-20(22)19-14(4)17-10-12(2)13(3)11-18(17)24-19/h6-11H,5H2,1-4H3,(H,21,22). The van der Waals surface area contributed by atoms with Gasteiger partial charge in [-0.25, -0.2) is 0 Å². The summed E-state index contributed by atoms with van der Waals surface area (Å²) in [6.07, 6.45) is 0. The van der Waals surface area contributed by atoms with Gasteiger partial charge in [-0.15, -0.1) is 0 Å². The average Bonchev–Trinajstić information content (AvgIpc) is 2.87. The van der Waals surface area contributed by atoms with Crippen LogP contribution in [0.3, 0.4) is 0 Å². The number of furan rings is 1. The largest absolute Gasteiger partial charge is 0.494 e. The molecule has 1 amide bonds. The number of aryl methyl sites for hydroxylation is 3. The van der Waals surface area contributed by atoms with E-state index in [2.05, 4.69) is 18.3 Å². The van der Waals surface area contributed by atoms with E-state index in [1.165, 1.54) is 5.56 Å². The zero-order chi connectivity index (χ0) is 17.3. The molecule has 0 fully saturated rings. The van der Waals surface area contributed by atoms with Gasteiger partial charge in [0.15, 0.2) is 5.76 Å². The van der Waals surface area contributed by atoms with Crippen molar-refractivity contribution in [1.29, 1.82) is 0 Å². The van der Waals surface area contributed by atoms with Crippen LogP contribution in [-0.4, -0.2) is 12.5 Å². The van der Waals surface area contributed by atoms with Crippen LogP contribution in [0.1, 0.15) is 34.2 Å². The zero-order valence-electron chi connectivity index (χ0n) is 14.4. The highest BCUT2D eigenvalue weighted by Gasteiger charge is 2.18. The third kappa shape index (κ3) is 3.00. The number of ether oxygens (including phenoxy) is 1. The van der Waals surface area contributed by atoms with E-state index in [1.807, 2.05) is 51.1 Å². The zero-order valence-corrected chi connectivity index (χ0v) is 14.4. The van der Waals surface area contributed by atoms with Crippen LogP contribution >= 0.6 is 0 Å². The maximum Gasteiger partial charge on any atom is 0.291 e. The van der Waals surface area contributed by atoms with Crippen molar-refractivity contribution in [1.82, 2.24) is 0 Å². The van der Waals surface area contributed by atoms with Crippen molar-refractivity contribution in [3.8, 4) is 5.75 Å². The van der Waals surface area contributed by atoms with Crippen LogP contribution in [0.15, 0.2) is 40.8 Å². The number of carbonyl (C=O) groups excluding carboxylic acids is 1. The predicted molar refractivity (Wildman–Crippen MR) is 96.0 cm³/mol. The van der Waals surface area contributed by atoms with E-state index >= 15 is 0 Å². The summed E-state index contributed by atoms with van der Waals surface area (Å²) in [5.41, 5.74) is 4.64. The first-order valence-corrected chi connectivity index (χ1v) is 8.04. The third-order valence-electron chi connectivity index (χ3n) is 4.18. The van der Waals surface area contributed by atoms with Gasteiger partial charge in [-0.2, -0.15) is 0 Å². The fourth-order valence-corrected chi connectivity index (χ4v) is 2.68. The van der Waals surface area contributed by atoms with Gasteiger partial charge in [0.25, 0.3) is 5.91 Å². The van der Waals surface area contributed by atoms with Gasteiger partial charge >= 0.3 is 0 Å². The lowest BCUT2D eigenvalue weighted by Crippen LogP contribution is -2.12. The molecule has 2 aromatic carbocycles. The summed E-state index contributed by atoms with van der Waals surface area (Å²) in [4.78, 5) is 12.5. The molecule has 0 saturated carbocycles. The fraction of sp³-hybridized carbons (Fsp3) is 0.250. The van der Waals surface area contributed by atoms with Crippen molar-refractivity contribution in [2.24, 2.45) is 0 Å². The average molecular weight is 323 g/mol. The number of carbonyl (C=O) groups is 1. The Hall–Kier alpha value is -2.75. The van der Waals surface area contributed by atoms with Crippen molar-refractivity contribution in [2.75, 3.05) is 11.9 Å². The number of fused-ring (bicyclic) bond motifs is 1. The minimum atomic E-state index is -0.247. The summed E-state index contributed by atoms with van der Waals surface area (Å²) in [6, 6.07) is 11.3. The molecule has 0 spiro atoms. The smallest absolute Gasteiger partial charge is 0.291 e. The van der Waals surface area contributed by atoms with Crippen molar-refractivity contribution < 1.29 is 13.9 Å². The van der Waals surface area contributed by atoms with Crippen LogP contribution in [0.4, 0.5) is 5.69 Å². The quantitative estimate of drug-likeness (QED) is 0.734. The highest BCUT2D eigenvalue weighted by molar-refractivity contribution is 6.06. The SMILES string of the molecule is CCOc1ccc(NC(=O)c2oc3cc(C)c(C)cc3c2C)cc1. The minimum Gasteiger partial charge on any atom is -0.494 e. The summed E-state index contributed by atoms with van der Waals surface area (Å²) in [7, 11) is 0. The first kappa shape index (κ1) is 16.1. The highest BCUT2D eigenvalue weighted by atomic mass is 16.5. The van der Waals surface area contributed by atoms with Crippen LogP contribution in [0.2, 0.25) is 0 Å². The topological polar surface area (TPSA) is 51.5 Å². The van der Waals surface area contributed by atoms with Gasteiger partial charge in [0, 0.05) is 16.6 Å². The normalized spacial score (nSPS) is 10.8. The summed E-state index contributed by atoms with van der Waals surface area (Å²) in [6.45, 7) is 8.55. The summed E-state index contributed by atoms with van der Waals surface area (Å²) >= 11 is 0. The summed E-state index contributed by atoms with van der Waals surface area (Å²) < 4.78 is 11.2. The Morgan fingerprint density at radius 3 is 2.42 bits per heavy atom. The number of hydrogen-bond donors (Lipinski definition) is 1. The number of nitrogens with one attached hydrogen (secondary N) is 1. The van der Waals surface area contributed by atoms with E-state index in [1.54, 1.807) is 0 Å². The van der Waals surface area contributed by atoms with Crippen LogP contribution in [0.25, 0.3) is 11.0 Å². The van der Waals surface area contributed by atoms with Gasteiger partial charge in [-0.1, -0.05) is 0 Å². The molecule has 0 aliphatic heterocycles. The molecule has 1 aromatic heterocycles. The van der Waals surface area contributed by atoms with Gasteiger partial charge in [0.1, 0.15) is 11.3 Å². The Morgan fingerprint density at radius 2 is 1.75 bits per heavy atom.